The number of nitrogens with zero attached hydrogens (tertiary/aromatic N) is 1. The van der Waals surface area contributed by atoms with Gasteiger partial charge in [-0.25, -0.2) is 4.39 Å². The van der Waals surface area contributed by atoms with Crippen LogP contribution in [0.1, 0.15) is 29.3 Å². The lowest BCUT2D eigenvalue weighted by atomic mass is 10.1. The van der Waals surface area contributed by atoms with E-state index in [2.05, 4.69) is 0 Å². The lowest BCUT2D eigenvalue weighted by Gasteiger charge is -2.19. The van der Waals surface area contributed by atoms with Crippen LogP contribution in [-0.2, 0) is 0 Å². The van der Waals surface area contributed by atoms with Crippen LogP contribution in [0.15, 0.2) is 18.2 Å². The summed E-state index contributed by atoms with van der Waals surface area (Å²) >= 11 is 0. The number of carbonyl (C=O) groups is 1. The van der Waals surface area contributed by atoms with Gasteiger partial charge in [-0.2, -0.15) is 0 Å². The molecule has 1 atom stereocenters. The molecule has 0 spiro atoms. The molecule has 1 rings (SSSR count). The Morgan fingerprint density at radius 1 is 1.53 bits per heavy atom. The molecule has 2 N–H and O–H groups in total. The number of rotatable bonds is 4. The summed E-state index contributed by atoms with van der Waals surface area (Å²) < 4.78 is 13.7. The van der Waals surface area contributed by atoms with Gasteiger partial charge in [-0.05, 0) is 31.9 Å². The van der Waals surface area contributed by atoms with Crippen molar-refractivity contribution < 1.29 is 9.18 Å². The average Bonchev–Trinajstić information content (AvgIpc) is 2.28. The third-order valence-corrected chi connectivity index (χ3v) is 2.69. The van der Waals surface area contributed by atoms with Crippen molar-refractivity contribution in [2.75, 3.05) is 13.6 Å². The van der Waals surface area contributed by atoms with Crippen molar-refractivity contribution in [2.45, 2.75) is 26.3 Å². The van der Waals surface area contributed by atoms with E-state index in [1.54, 1.807) is 26.1 Å². The maximum atomic E-state index is 13.7. The largest absolute Gasteiger partial charge is 0.342 e. The maximum absolute atomic E-state index is 13.7. The van der Waals surface area contributed by atoms with Crippen LogP contribution in [0.5, 0.6) is 0 Å². The third-order valence-electron chi connectivity index (χ3n) is 2.69. The molecule has 3 nitrogen and oxygen atoms in total. The standard InChI is InChI=1S/C13H19FN2O/c1-9-5-4-6-11(12(9)14)13(17)16(3)8-7-10(2)15/h4-6,10H,7-8,15H2,1-3H3. The first-order valence-corrected chi connectivity index (χ1v) is 5.69. The van der Waals surface area contributed by atoms with Gasteiger partial charge in [-0.3, -0.25) is 4.79 Å². The molecule has 0 saturated heterocycles. The van der Waals surface area contributed by atoms with E-state index < -0.39 is 5.82 Å². The zero-order valence-electron chi connectivity index (χ0n) is 10.5. The average molecular weight is 238 g/mol. The normalized spacial score (nSPS) is 12.3. The highest BCUT2D eigenvalue weighted by Crippen LogP contribution is 2.13. The van der Waals surface area contributed by atoms with Gasteiger partial charge in [-0.15, -0.1) is 0 Å². The second kappa shape index (κ2) is 5.77. The molecule has 0 saturated carbocycles. The fourth-order valence-electron chi connectivity index (χ4n) is 1.52. The van der Waals surface area contributed by atoms with Crippen molar-refractivity contribution in [3.63, 3.8) is 0 Å². The summed E-state index contributed by atoms with van der Waals surface area (Å²) in [6, 6.07) is 4.87. The quantitative estimate of drug-likeness (QED) is 0.871. The van der Waals surface area contributed by atoms with E-state index in [0.717, 1.165) is 0 Å². The Morgan fingerprint density at radius 3 is 2.76 bits per heavy atom. The zero-order chi connectivity index (χ0) is 13.0. The van der Waals surface area contributed by atoms with Crippen molar-refractivity contribution in [1.82, 2.24) is 4.90 Å². The molecule has 1 amide bonds. The minimum absolute atomic E-state index is 0.0348. The van der Waals surface area contributed by atoms with E-state index in [0.29, 0.717) is 18.5 Å². The molecule has 0 radical (unpaired) electrons. The van der Waals surface area contributed by atoms with E-state index in [1.807, 2.05) is 6.92 Å². The van der Waals surface area contributed by atoms with Gasteiger partial charge in [0.15, 0.2) is 0 Å². The van der Waals surface area contributed by atoms with Crippen molar-refractivity contribution in [2.24, 2.45) is 5.73 Å². The maximum Gasteiger partial charge on any atom is 0.256 e. The van der Waals surface area contributed by atoms with Crippen molar-refractivity contribution in [1.29, 1.82) is 0 Å². The van der Waals surface area contributed by atoms with Gasteiger partial charge in [0.1, 0.15) is 5.82 Å². The van der Waals surface area contributed by atoms with Crippen LogP contribution < -0.4 is 5.73 Å². The molecule has 0 aromatic heterocycles. The van der Waals surface area contributed by atoms with Crippen LogP contribution in [0.4, 0.5) is 4.39 Å². The van der Waals surface area contributed by atoms with E-state index in [4.69, 9.17) is 5.73 Å². The molecule has 4 heteroatoms. The molecular weight excluding hydrogens is 219 g/mol. The fourth-order valence-corrected chi connectivity index (χ4v) is 1.52. The molecule has 1 unspecified atom stereocenters. The van der Waals surface area contributed by atoms with Crippen molar-refractivity contribution in [3.8, 4) is 0 Å². The van der Waals surface area contributed by atoms with Crippen LogP contribution in [0.25, 0.3) is 0 Å². The highest BCUT2D eigenvalue weighted by atomic mass is 19.1. The van der Waals surface area contributed by atoms with Crippen LogP contribution in [0.2, 0.25) is 0 Å². The molecule has 1 aromatic carbocycles. The van der Waals surface area contributed by atoms with Gasteiger partial charge in [0.2, 0.25) is 0 Å². The Kier molecular flexibility index (Phi) is 4.63. The number of halogens is 1. The van der Waals surface area contributed by atoms with Crippen LogP contribution >= 0.6 is 0 Å². The number of nitrogens with two attached hydrogens (primary N) is 1. The topological polar surface area (TPSA) is 46.3 Å². The molecule has 1 aromatic rings. The minimum atomic E-state index is -0.440. The smallest absolute Gasteiger partial charge is 0.256 e. The molecule has 17 heavy (non-hydrogen) atoms. The van der Waals surface area contributed by atoms with Crippen molar-refractivity contribution >= 4 is 5.91 Å². The SMILES string of the molecule is Cc1cccc(C(=O)N(C)CCC(C)N)c1F. The molecule has 0 bridgehead atoms. The van der Waals surface area contributed by atoms with Crippen molar-refractivity contribution in [3.05, 3.63) is 35.1 Å². The predicted octanol–water partition coefficient (Wildman–Crippen LogP) is 1.94. The highest BCUT2D eigenvalue weighted by Gasteiger charge is 2.17. The molecule has 0 aliphatic rings. The van der Waals surface area contributed by atoms with E-state index in [9.17, 15) is 9.18 Å². The first-order chi connectivity index (χ1) is 7.93. The predicted molar refractivity (Wildman–Crippen MR) is 66.4 cm³/mol. The van der Waals surface area contributed by atoms with Gasteiger partial charge >= 0.3 is 0 Å². The summed E-state index contributed by atoms with van der Waals surface area (Å²) in [5.74, 6) is -0.739. The van der Waals surface area contributed by atoms with Gasteiger partial charge < -0.3 is 10.6 Å². The first-order valence-electron chi connectivity index (χ1n) is 5.69. The fraction of sp³-hybridized carbons (Fsp3) is 0.462. The third kappa shape index (κ3) is 3.53. The monoisotopic (exact) mass is 238 g/mol. The number of hydrogen-bond donors (Lipinski definition) is 1. The number of carbonyl (C=O) groups excluding carboxylic acids is 1. The highest BCUT2D eigenvalue weighted by molar-refractivity contribution is 5.94. The number of aryl methyl sites for hydroxylation is 1. The Morgan fingerprint density at radius 2 is 2.18 bits per heavy atom. The minimum Gasteiger partial charge on any atom is -0.342 e. The Balaban J connectivity index is 2.78. The second-order valence-corrected chi connectivity index (χ2v) is 4.43. The number of hydrogen-bond acceptors (Lipinski definition) is 2. The number of amides is 1. The molecule has 0 aliphatic carbocycles. The summed E-state index contributed by atoms with van der Waals surface area (Å²) in [6.07, 6.45) is 0.704. The summed E-state index contributed by atoms with van der Waals surface area (Å²) in [6.45, 7) is 4.06. The van der Waals surface area contributed by atoms with E-state index in [-0.39, 0.29) is 17.5 Å². The van der Waals surface area contributed by atoms with Gasteiger partial charge in [0.25, 0.3) is 5.91 Å². The summed E-state index contributed by atoms with van der Waals surface area (Å²) in [7, 11) is 1.66. The molecule has 0 fully saturated rings. The van der Waals surface area contributed by atoms with E-state index >= 15 is 0 Å². The second-order valence-electron chi connectivity index (χ2n) is 4.43. The molecule has 0 aliphatic heterocycles. The van der Waals surface area contributed by atoms with Crippen LogP contribution in [0.3, 0.4) is 0 Å². The van der Waals surface area contributed by atoms with E-state index in [1.165, 1.54) is 11.0 Å². The lowest BCUT2D eigenvalue weighted by Crippen LogP contribution is -2.31. The number of benzene rings is 1. The van der Waals surface area contributed by atoms with Crippen LogP contribution in [-0.4, -0.2) is 30.4 Å². The summed E-state index contributed by atoms with van der Waals surface area (Å²) in [5.41, 5.74) is 6.23. The Hall–Kier alpha value is -1.42. The Bertz CT molecular complexity index is 404. The Labute approximate surface area is 101 Å². The summed E-state index contributed by atoms with van der Waals surface area (Å²) in [4.78, 5) is 13.5. The van der Waals surface area contributed by atoms with Gasteiger partial charge in [0.05, 0.1) is 5.56 Å². The molecule has 94 valence electrons. The van der Waals surface area contributed by atoms with Crippen LogP contribution in [0, 0.1) is 12.7 Å². The zero-order valence-corrected chi connectivity index (χ0v) is 10.5. The first kappa shape index (κ1) is 13.6. The van der Waals surface area contributed by atoms with Gasteiger partial charge in [0, 0.05) is 19.6 Å². The summed E-state index contributed by atoms with van der Waals surface area (Å²) in [5, 5.41) is 0. The molecule has 0 heterocycles. The molecular formula is C13H19FN2O. The van der Waals surface area contributed by atoms with Gasteiger partial charge in [-0.1, -0.05) is 12.1 Å². The lowest BCUT2D eigenvalue weighted by molar-refractivity contribution is 0.0787.